The number of aromatic nitrogens is 5. The van der Waals surface area contributed by atoms with Gasteiger partial charge in [0.05, 0.1) is 5.69 Å². The van der Waals surface area contributed by atoms with E-state index in [1.807, 2.05) is 14.1 Å². The van der Waals surface area contributed by atoms with E-state index in [9.17, 15) is 9.18 Å². The van der Waals surface area contributed by atoms with E-state index in [1.165, 1.54) is 31.3 Å². The minimum atomic E-state index is -0.351. The Hall–Kier alpha value is -3.77. The van der Waals surface area contributed by atoms with Crippen LogP contribution in [-0.4, -0.2) is 99.8 Å². The third-order valence-corrected chi connectivity index (χ3v) is 10.6. The second kappa shape index (κ2) is 13.0. The van der Waals surface area contributed by atoms with Crippen molar-refractivity contribution in [3.8, 4) is 22.8 Å². The first-order chi connectivity index (χ1) is 22.7. The Morgan fingerprint density at radius 2 is 1.94 bits per heavy atom. The van der Waals surface area contributed by atoms with Crippen LogP contribution in [0.3, 0.4) is 0 Å². The summed E-state index contributed by atoms with van der Waals surface area (Å²) in [4.78, 5) is 31.9. The topological polar surface area (TPSA) is 113 Å². The van der Waals surface area contributed by atoms with Crippen LogP contribution in [0.25, 0.3) is 11.1 Å². The zero-order chi connectivity index (χ0) is 32.7. The molecule has 1 N–H and O–H groups in total. The summed E-state index contributed by atoms with van der Waals surface area (Å²) in [6.07, 6.45) is 10.9. The Bertz CT molecular complexity index is 1590. The van der Waals surface area contributed by atoms with E-state index in [2.05, 4.69) is 54.1 Å². The molecule has 12 heteroatoms. The van der Waals surface area contributed by atoms with Crippen molar-refractivity contribution in [1.82, 2.24) is 40.3 Å². The lowest BCUT2D eigenvalue weighted by Gasteiger charge is -2.57. The molecule has 0 radical (unpaired) electrons. The van der Waals surface area contributed by atoms with Crippen molar-refractivity contribution >= 4 is 11.7 Å². The molecule has 2 aliphatic carbocycles. The number of hydrogen-bond donors (Lipinski definition) is 1. The van der Waals surface area contributed by atoms with Crippen LogP contribution >= 0.6 is 0 Å². The van der Waals surface area contributed by atoms with Crippen LogP contribution < -0.4 is 15.0 Å². The van der Waals surface area contributed by atoms with Crippen LogP contribution in [0.2, 0.25) is 0 Å². The molecular weight excluding hydrogens is 597 g/mol. The molecule has 2 aliphatic heterocycles. The van der Waals surface area contributed by atoms with Gasteiger partial charge in [-0.25, -0.2) is 19.3 Å². The van der Waals surface area contributed by atoms with Crippen LogP contribution in [0, 0.1) is 23.1 Å². The van der Waals surface area contributed by atoms with Crippen LogP contribution in [0.1, 0.15) is 64.0 Å². The summed E-state index contributed by atoms with van der Waals surface area (Å²) in [5.74, 6) is 2.91. The molecule has 3 aromatic rings. The van der Waals surface area contributed by atoms with E-state index in [0.29, 0.717) is 59.3 Å². The van der Waals surface area contributed by atoms with Crippen LogP contribution in [0.4, 0.5) is 10.2 Å². The Balaban J connectivity index is 0.994. The van der Waals surface area contributed by atoms with E-state index in [0.717, 1.165) is 63.2 Å². The van der Waals surface area contributed by atoms with Crippen molar-refractivity contribution in [1.29, 1.82) is 0 Å². The Kier molecular flexibility index (Phi) is 8.82. The quantitative estimate of drug-likeness (QED) is 0.302. The molecule has 1 atom stereocenters. The number of carbonyl (C=O) groups excluding carboxylic acids is 1. The molecule has 4 aliphatic rings. The minimum Gasteiger partial charge on any atom is -0.434 e. The normalized spacial score (nSPS) is 22.6. The molecule has 7 rings (SSSR count). The first-order valence-corrected chi connectivity index (χ1v) is 17.1. The summed E-state index contributed by atoms with van der Waals surface area (Å²) < 4.78 is 21.0. The monoisotopic (exact) mass is 643 g/mol. The van der Waals surface area contributed by atoms with E-state index in [4.69, 9.17) is 4.74 Å². The third kappa shape index (κ3) is 6.67. The van der Waals surface area contributed by atoms with Crippen molar-refractivity contribution < 1.29 is 13.9 Å². The van der Waals surface area contributed by atoms with E-state index >= 15 is 0 Å². The van der Waals surface area contributed by atoms with E-state index in [1.54, 1.807) is 23.5 Å². The van der Waals surface area contributed by atoms with Gasteiger partial charge < -0.3 is 19.9 Å². The van der Waals surface area contributed by atoms with Gasteiger partial charge in [-0.2, -0.15) is 0 Å². The molecule has 2 aromatic heterocycles. The second-order valence-electron chi connectivity index (χ2n) is 14.7. The maximum atomic E-state index is 14.5. The smallest absolute Gasteiger partial charge is 0.282 e. The van der Waals surface area contributed by atoms with E-state index < -0.39 is 0 Å². The lowest BCUT2D eigenvalue weighted by Crippen LogP contribution is -2.65. The zero-order valence-corrected chi connectivity index (χ0v) is 27.9. The molecule has 1 aromatic carbocycles. The van der Waals surface area contributed by atoms with Gasteiger partial charge in [0.15, 0.2) is 5.82 Å². The van der Waals surface area contributed by atoms with E-state index in [-0.39, 0.29) is 17.1 Å². The molecule has 4 fully saturated rings. The largest absolute Gasteiger partial charge is 0.434 e. The van der Waals surface area contributed by atoms with Gasteiger partial charge in [-0.05, 0) is 62.1 Å². The molecule has 0 bridgehead atoms. The minimum absolute atomic E-state index is 0.172. The molecule has 250 valence electrons. The van der Waals surface area contributed by atoms with Gasteiger partial charge in [0, 0.05) is 94.0 Å². The third-order valence-electron chi connectivity index (χ3n) is 10.6. The second-order valence-corrected chi connectivity index (χ2v) is 14.7. The first kappa shape index (κ1) is 31.8. The molecule has 1 spiro atoms. The highest BCUT2D eigenvalue weighted by Gasteiger charge is 2.52. The van der Waals surface area contributed by atoms with Gasteiger partial charge in [0.1, 0.15) is 24.2 Å². The van der Waals surface area contributed by atoms with Crippen molar-refractivity contribution in [3.63, 3.8) is 0 Å². The highest BCUT2D eigenvalue weighted by atomic mass is 19.1. The standard InChI is InChI=1S/C35H46FN9O2/c1-22(2)32(24-13-26(14-24)38-11-9-30(46)43(3)4)45-18-35(19-45)10-12-44(17-35)33-34(42-41-21-40-33)47-29-8-7-25(36)15-27(29)28-16-37-20-39-31(28)23-5-6-23/h7-8,15-16,20-24,26,32,38H,5-6,9-14,17-19H2,1-4H3/t24?,26?,32-/m1/s1. The van der Waals surface area contributed by atoms with Crippen LogP contribution in [-0.2, 0) is 4.79 Å². The number of benzene rings is 1. The number of rotatable bonds is 12. The molecule has 2 saturated carbocycles. The number of hydrogen-bond acceptors (Lipinski definition) is 10. The van der Waals surface area contributed by atoms with Crippen molar-refractivity contribution in [2.75, 3.05) is 51.7 Å². The maximum Gasteiger partial charge on any atom is 0.282 e. The summed E-state index contributed by atoms with van der Waals surface area (Å²) in [5.41, 5.74) is 2.52. The molecule has 0 unspecified atom stereocenters. The molecule has 1 amide bonds. The average Bonchev–Trinajstić information content (AvgIpc) is 3.78. The lowest BCUT2D eigenvalue weighted by molar-refractivity contribution is -0.128. The number of anilines is 1. The maximum absolute atomic E-state index is 14.5. The number of carbonyl (C=O) groups is 1. The number of amides is 1. The van der Waals surface area contributed by atoms with Gasteiger partial charge in [-0.15, -0.1) is 10.2 Å². The fraction of sp³-hybridized carbons (Fsp3) is 0.600. The Morgan fingerprint density at radius 1 is 1.13 bits per heavy atom. The first-order valence-electron chi connectivity index (χ1n) is 17.1. The summed E-state index contributed by atoms with van der Waals surface area (Å²) in [7, 11) is 3.62. The Morgan fingerprint density at radius 3 is 2.68 bits per heavy atom. The average molecular weight is 644 g/mol. The van der Waals surface area contributed by atoms with Gasteiger partial charge in [0.2, 0.25) is 5.91 Å². The fourth-order valence-corrected chi connectivity index (χ4v) is 8.05. The number of nitrogens with zero attached hydrogens (tertiary/aromatic N) is 8. The van der Waals surface area contributed by atoms with Gasteiger partial charge >= 0.3 is 0 Å². The molecular formula is C35H46FN9O2. The highest BCUT2D eigenvalue weighted by molar-refractivity contribution is 5.75. The van der Waals surface area contributed by atoms with Crippen LogP contribution in [0.15, 0.2) is 37.1 Å². The predicted octanol–water partition coefficient (Wildman–Crippen LogP) is 4.52. The summed E-state index contributed by atoms with van der Waals surface area (Å²) in [6, 6.07) is 5.59. The molecule has 4 heterocycles. The van der Waals surface area contributed by atoms with Gasteiger partial charge in [0.25, 0.3) is 5.88 Å². The number of halogens is 1. The number of likely N-dealkylation sites (tertiary alicyclic amines) is 1. The molecule has 2 saturated heterocycles. The molecule has 47 heavy (non-hydrogen) atoms. The van der Waals surface area contributed by atoms with Gasteiger partial charge in [-0.3, -0.25) is 9.69 Å². The predicted molar refractivity (Wildman–Crippen MR) is 177 cm³/mol. The highest BCUT2D eigenvalue weighted by Crippen LogP contribution is 2.48. The number of ether oxygens (including phenoxy) is 1. The van der Waals surface area contributed by atoms with Crippen LogP contribution in [0.5, 0.6) is 11.6 Å². The summed E-state index contributed by atoms with van der Waals surface area (Å²) in [6.45, 7) is 9.35. The summed E-state index contributed by atoms with van der Waals surface area (Å²) in [5, 5.41) is 12.0. The lowest BCUT2D eigenvalue weighted by atomic mass is 9.68. The van der Waals surface area contributed by atoms with Crippen molar-refractivity contribution in [3.05, 3.63) is 48.6 Å². The van der Waals surface area contributed by atoms with Gasteiger partial charge in [-0.1, -0.05) is 13.8 Å². The summed E-state index contributed by atoms with van der Waals surface area (Å²) >= 11 is 0. The van der Waals surface area contributed by atoms with Crippen molar-refractivity contribution in [2.24, 2.45) is 17.3 Å². The zero-order valence-electron chi connectivity index (χ0n) is 27.9. The fourth-order valence-electron chi connectivity index (χ4n) is 8.05. The SMILES string of the molecule is CC(C)[C@H](C1CC(NCCC(=O)N(C)C)C1)N1CC2(CCN(c3ncnnc3Oc3ccc(F)cc3-c3cncnc3C3CC3)C2)C1. The Labute approximate surface area is 276 Å². The van der Waals surface area contributed by atoms with Crippen molar-refractivity contribution in [2.45, 2.75) is 70.4 Å². The molecule has 11 nitrogen and oxygen atoms in total. The number of nitrogens with one attached hydrogen (secondary N) is 1.